The van der Waals surface area contributed by atoms with E-state index in [2.05, 4.69) is 10.6 Å². The third kappa shape index (κ3) is 5.82. The van der Waals surface area contributed by atoms with Crippen LogP contribution in [0.1, 0.15) is 17.5 Å². The van der Waals surface area contributed by atoms with Crippen molar-refractivity contribution in [2.75, 3.05) is 39.0 Å². The van der Waals surface area contributed by atoms with Gasteiger partial charge in [-0.3, -0.25) is 19.7 Å². The maximum absolute atomic E-state index is 13.1. The first-order valence-electron chi connectivity index (χ1n) is 10.6. The van der Waals surface area contributed by atoms with Crippen molar-refractivity contribution in [1.29, 1.82) is 0 Å². The van der Waals surface area contributed by atoms with Crippen LogP contribution in [0.2, 0.25) is 0 Å². The summed E-state index contributed by atoms with van der Waals surface area (Å²) < 4.78 is 0. The first-order chi connectivity index (χ1) is 15.4. The minimum absolute atomic E-state index is 0.0370. The SMILES string of the molecule is CN(C)CCNC(=O)[C@H]1Cc2ccccc2CN1C(=O)CCNc1ccccc1[N+](=O)[O-]. The molecule has 2 N–H and O–H groups in total. The van der Waals surface area contributed by atoms with Gasteiger partial charge in [-0.1, -0.05) is 36.4 Å². The predicted molar refractivity (Wildman–Crippen MR) is 122 cm³/mol. The minimum atomic E-state index is -0.578. The number of nitrogens with one attached hydrogen (secondary N) is 2. The van der Waals surface area contributed by atoms with Crippen molar-refractivity contribution in [2.45, 2.75) is 25.4 Å². The summed E-state index contributed by atoms with van der Waals surface area (Å²) in [6.45, 7) is 1.82. The van der Waals surface area contributed by atoms with Gasteiger partial charge in [-0.2, -0.15) is 0 Å². The first-order valence-corrected chi connectivity index (χ1v) is 10.6. The Labute approximate surface area is 187 Å². The van der Waals surface area contributed by atoms with Crippen LogP contribution >= 0.6 is 0 Å². The fourth-order valence-corrected chi connectivity index (χ4v) is 3.77. The number of carbonyl (C=O) groups excluding carboxylic acids is 2. The fourth-order valence-electron chi connectivity index (χ4n) is 3.77. The molecule has 1 aliphatic heterocycles. The molecule has 0 aliphatic carbocycles. The summed E-state index contributed by atoms with van der Waals surface area (Å²) in [7, 11) is 3.87. The standard InChI is InChI=1S/C23H29N5O4/c1-26(2)14-13-25-23(30)21-15-17-7-3-4-8-18(17)16-27(21)22(29)11-12-24-19-9-5-6-10-20(19)28(31)32/h3-10,21,24H,11-16H2,1-2H3,(H,25,30)/t21-/m1/s1. The smallest absolute Gasteiger partial charge is 0.292 e. The Morgan fingerprint density at radius 1 is 1.09 bits per heavy atom. The number of carbonyl (C=O) groups is 2. The number of nitro benzene ring substituents is 1. The molecule has 32 heavy (non-hydrogen) atoms. The average molecular weight is 440 g/mol. The normalized spacial score (nSPS) is 15.2. The number of nitro groups is 1. The molecule has 2 amide bonds. The molecule has 0 aromatic heterocycles. The lowest BCUT2D eigenvalue weighted by molar-refractivity contribution is -0.384. The van der Waals surface area contributed by atoms with Crippen LogP contribution in [0.5, 0.6) is 0 Å². The van der Waals surface area contributed by atoms with Gasteiger partial charge >= 0.3 is 0 Å². The summed E-state index contributed by atoms with van der Waals surface area (Å²) in [5.74, 6) is -0.334. The maximum Gasteiger partial charge on any atom is 0.292 e. The molecule has 9 nitrogen and oxygen atoms in total. The van der Waals surface area contributed by atoms with Crippen molar-refractivity contribution >= 4 is 23.2 Å². The predicted octanol–water partition coefficient (Wildman–Crippen LogP) is 2.03. The Bertz CT molecular complexity index is 978. The van der Waals surface area contributed by atoms with Crippen LogP contribution in [0.4, 0.5) is 11.4 Å². The molecule has 1 atom stereocenters. The molecule has 0 bridgehead atoms. The van der Waals surface area contributed by atoms with Gasteiger partial charge in [0.05, 0.1) is 4.92 Å². The number of nitrogens with zero attached hydrogens (tertiary/aromatic N) is 3. The number of hydrogen-bond acceptors (Lipinski definition) is 6. The molecule has 0 fully saturated rings. The van der Waals surface area contributed by atoms with E-state index in [9.17, 15) is 19.7 Å². The number of anilines is 1. The maximum atomic E-state index is 13.1. The molecule has 1 aliphatic rings. The van der Waals surface area contributed by atoms with Crippen LogP contribution in [0.15, 0.2) is 48.5 Å². The summed E-state index contributed by atoms with van der Waals surface area (Å²) >= 11 is 0. The lowest BCUT2D eigenvalue weighted by Gasteiger charge is -2.36. The number of rotatable bonds is 9. The second-order valence-corrected chi connectivity index (χ2v) is 8.06. The lowest BCUT2D eigenvalue weighted by Crippen LogP contribution is -2.53. The van der Waals surface area contributed by atoms with Crippen molar-refractivity contribution < 1.29 is 14.5 Å². The lowest BCUT2D eigenvalue weighted by atomic mass is 9.93. The van der Waals surface area contributed by atoms with Crippen LogP contribution in [-0.4, -0.2) is 66.3 Å². The van der Waals surface area contributed by atoms with Gasteiger partial charge in [0.2, 0.25) is 11.8 Å². The largest absolute Gasteiger partial charge is 0.379 e. The summed E-state index contributed by atoms with van der Waals surface area (Å²) in [6.07, 6.45) is 0.586. The highest BCUT2D eigenvalue weighted by Gasteiger charge is 2.34. The number of para-hydroxylation sites is 2. The zero-order valence-electron chi connectivity index (χ0n) is 18.4. The molecule has 170 valence electrons. The van der Waals surface area contributed by atoms with E-state index in [1.807, 2.05) is 43.3 Å². The van der Waals surface area contributed by atoms with Gasteiger partial charge in [0, 0.05) is 45.1 Å². The zero-order valence-corrected chi connectivity index (χ0v) is 18.4. The number of benzene rings is 2. The van der Waals surface area contributed by atoms with E-state index in [1.54, 1.807) is 23.1 Å². The molecule has 2 aromatic carbocycles. The van der Waals surface area contributed by atoms with Crippen molar-refractivity contribution in [2.24, 2.45) is 0 Å². The Morgan fingerprint density at radius 2 is 1.78 bits per heavy atom. The molecule has 3 rings (SSSR count). The number of likely N-dealkylation sites (N-methyl/N-ethyl adjacent to an activating group) is 1. The summed E-state index contributed by atoms with van der Waals surface area (Å²) in [5.41, 5.74) is 2.43. The molecule has 0 spiro atoms. The van der Waals surface area contributed by atoms with E-state index < -0.39 is 11.0 Å². The highest BCUT2D eigenvalue weighted by atomic mass is 16.6. The molecule has 0 saturated heterocycles. The third-order valence-electron chi connectivity index (χ3n) is 5.48. The second-order valence-electron chi connectivity index (χ2n) is 8.06. The highest BCUT2D eigenvalue weighted by molar-refractivity contribution is 5.88. The zero-order chi connectivity index (χ0) is 23.1. The van der Waals surface area contributed by atoms with Crippen LogP contribution in [-0.2, 0) is 22.6 Å². The third-order valence-corrected chi connectivity index (χ3v) is 5.48. The Balaban J connectivity index is 1.67. The Morgan fingerprint density at radius 3 is 2.50 bits per heavy atom. The molecule has 0 saturated carbocycles. The first kappa shape index (κ1) is 23.2. The van der Waals surface area contributed by atoms with Crippen molar-refractivity contribution in [3.8, 4) is 0 Å². The van der Waals surface area contributed by atoms with Gasteiger partial charge in [0.1, 0.15) is 11.7 Å². The second kappa shape index (κ2) is 10.7. The summed E-state index contributed by atoms with van der Waals surface area (Å²) in [5, 5.41) is 17.1. The van der Waals surface area contributed by atoms with Crippen molar-refractivity contribution in [3.05, 3.63) is 69.8 Å². The molecule has 2 aromatic rings. The molecule has 1 heterocycles. The van der Waals surface area contributed by atoms with Gasteiger partial charge in [0.15, 0.2) is 0 Å². The van der Waals surface area contributed by atoms with Crippen LogP contribution in [0.3, 0.4) is 0 Å². The quantitative estimate of drug-likeness (QED) is 0.457. The van der Waals surface area contributed by atoms with Gasteiger partial charge in [-0.15, -0.1) is 0 Å². The van der Waals surface area contributed by atoms with Gasteiger partial charge in [-0.25, -0.2) is 0 Å². The van der Waals surface area contributed by atoms with E-state index >= 15 is 0 Å². The van der Waals surface area contributed by atoms with Crippen molar-refractivity contribution in [1.82, 2.24) is 15.1 Å². The topological polar surface area (TPSA) is 108 Å². The van der Waals surface area contributed by atoms with Crippen LogP contribution < -0.4 is 10.6 Å². The number of hydrogen-bond donors (Lipinski definition) is 2. The van der Waals surface area contributed by atoms with Gasteiger partial charge in [0.25, 0.3) is 5.69 Å². The summed E-state index contributed by atoms with van der Waals surface area (Å²) in [6, 6.07) is 13.6. The Hall–Kier alpha value is -3.46. The van der Waals surface area contributed by atoms with E-state index in [4.69, 9.17) is 0 Å². The average Bonchev–Trinajstić information content (AvgIpc) is 2.78. The molecular weight excluding hydrogens is 410 g/mol. The van der Waals surface area contributed by atoms with E-state index in [1.165, 1.54) is 6.07 Å². The van der Waals surface area contributed by atoms with E-state index in [0.717, 1.165) is 11.1 Å². The van der Waals surface area contributed by atoms with E-state index in [0.29, 0.717) is 31.7 Å². The molecular formula is C23H29N5O4. The van der Waals surface area contributed by atoms with E-state index in [-0.39, 0.29) is 30.5 Å². The summed E-state index contributed by atoms with van der Waals surface area (Å²) in [4.78, 5) is 40.3. The van der Waals surface area contributed by atoms with Gasteiger partial charge < -0.3 is 20.4 Å². The van der Waals surface area contributed by atoms with Crippen molar-refractivity contribution in [3.63, 3.8) is 0 Å². The number of fused-ring (bicyclic) bond motifs is 1. The minimum Gasteiger partial charge on any atom is -0.379 e. The van der Waals surface area contributed by atoms with Gasteiger partial charge in [-0.05, 0) is 31.3 Å². The molecule has 0 unspecified atom stereocenters. The Kier molecular flexibility index (Phi) is 7.77. The fraction of sp³-hybridized carbons (Fsp3) is 0.391. The monoisotopic (exact) mass is 439 g/mol. The van der Waals surface area contributed by atoms with Crippen LogP contribution in [0.25, 0.3) is 0 Å². The molecule has 0 radical (unpaired) electrons. The highest BCUT2D eigenvalue weighted by Crippen LogP contribution is 2.25. The number of amides is 2. The molecule has 9 heteroatoms. The van der Waals surface area contributed by atoms with Crippen LogP contribution in [0, 0.1) is 10.1 Å².